The summed E-state index contributed by atoms with van der Waals surface area (Å²) < 4.78 is 2.17. The minimum absolute atomic E-state index is 0.335. The van der Waals surface area contributed by atoms with Gasteiger partial charge in [0.25, 0.3) is 0 Å². The maximum Gasteiger partial charge on any atom is 0.131 e. The molecule has 0 unspecified atom stereocenters. The minimum Gasteiger partial charge on any atom is -0.383 e. The van der Waals surface area contributed by atoms with Crippen LogP contribution in [0, 0.1) is 13.8 Å². The quantitative estimate of drug-likeness (QED) is 0.901. The van der Waals surface area contributed by atoms with Crippen LogP contribution in [-0.4, -0.2) is 9.55 Å². The zero-order valence-corrected chi connectivity index (χ0v) is 13.2. The molecule has 0 bridgehead atoms. The summed E-state index contributed by atoms with van der Waals surface area (Å²) in [4.78, 5) is 4.85. The highest BCUT2D eigenvalue weighted by atomic mass is 15.2. The molecular weight excluding hydrogens is 246 g/mol. The Kier molecular flexibility index (Phi) is 4.17. The number of aromatic nitrogens is 2. The van der Waals surface area contributed by atoms with Crippen molar-refractivity contribution >= 4 is 5.82 Å². The standard InChI is InChI=1S/C17H25N3/c1-6-8-14-19-16(17(18)20(14)11(2)3)15-12(4)9-7-10-13(15)5/h7,9-11H,6,8,18H2,1-5H3. The van der Waals surface area contributed by atoms with Crippen molar-refractivity contribution in [1.29, 1.82) is 0 Å². The number of anilines is 1. The molecule has 3 heteroatoms. The molecule has 0 saturated heterocycles. The van der Waals surface area contributed by atoms with E-state index in [0.717, 1.165) is 30.2 Å². The molecule has 0 aliphatic rings. The van der Waals surface area contributed by atoms with Crippen LogP contribution in [0.4, 0.5) is 5.82 Å². The smallest absolute Gasteiger partial charge is 0.131 e. The van der Waals surface area contributed by atoms with Crippen LogP contribution in [-0.2, 0) is 6.42 Å². The SMILES string of the molecule is CCCc1nc(-c2c(C)cccc2C)c(N)n1C(C)C. The van der Waals surface area contributed by atoms with Crippen molar-refractivity contribution in [2.75, 3.05) is 5.73 Å². The van der Waals surface area contributed by atoms with Crippen LogP contribution in [0.25, 0.3) is 11.3 Å². The second-order valence-electron chi connectivity index (χ2n) is 5.74. The first kappa shape index (κ1) is 14.6. The molecule has 1 aromatic carbocycles. The molecule has 0 aliphatic carbocycles. The predicted molar refractivity (Wildman–Crippen MR) is 85.9 cm³/mol. The van der Waals surface area contributed by atoms with Gasteiger partial charge in [0.1, 0.15) is 17.3 Å². The van der Waals surface area contributed by atoms with Gasteiger partial charge in [0.2, 0.25) is 0 Å². The van der Waals surface area contributed by atoms with Crippen molar-refractivity contribution in [1.82, 2.24) is 9.55 Å². The minimum atomic E-state index is 0.335. The number of benzene rings is 1. The zero-order valence-electron chi connectivity index (χ0n) is 13.2. The Morgan fingerprint density at radius 3 is 2.30 bits per heavy atom. The van der Waals surface area contributed by atoms with E-state index in [4.69, 9.17) is 10.7 Å². The van der Waals surface area contributed by atoms with E-state index >= 15 is 0 Å². The molecule has 0 spiro atoms. The van der Waals surface area contributed by atoms with Gasteiger partial charge >= 0.3 is 0 Å². The third kappa shape index (κ3) is 2.45. The van der Waals surface area contributed by atoms with Gasteiger partial charge in [-0.05, 0) is 45.2 Å². The molecule has 0 radical (unpaired) electrons. The van der Waals surface area contributed by atoms with Gasteiger partial charge in [0.05, 0.1) is 0 Å². The van der Waals surface area contributed by atoms with Crippen LogP contribution in [0.3, 0.4) is 0 Å². The summed E-state index contributed by atoms with van der Waals surface area (Å²) in [5.74, 6) is 1.89. The molecule has 1 heterocycles. The average molecular weight is 271 g/mol. The number of hydrogen-bond donors (Lipinski definition) is 1. The summed E-state index contributed by atoms with van der Waals surface area (Å²) in [5.41, 5.74) is 11.0. The molecule has 2 aromatic rings. The number of nitrogens with zero attached hydrogens (tertiary/aromatic N) is 2. The van der Waals surface area contributed by atoms with Gasteiger partial charge < -0.3 is 10.3 Å². The van der Waals surface area contributed by atoms with E-state index < -0.39 is 0 Å². The highest BCUT2D eigenvalue weighted by molar-refractivity contribution is 5.76. The van der Waals surface area contributed by atoms with E-state index in [1.165, 1.54) is 16.7 Å². The highest BCUT2D eigenvalue weighted by Crippen LogP contribution is 2.33. The summed E-state index contributed by atoms with van der Waals surface area (Å²) in [6.45, 7) is 10.7. The Hall–Kier alpha value is -1.77. The zero-order chi connectivity index (χ0) is 14.9. The van der Waals surface area contributed by atoms with Gasteiger partial charge in [0.15, 0.2) is 0 Å². The Labute approximate surface area is 121 Å². The van der Waals surface area contributed by atoms with Gasteiger partial charge in [-0.1, -0.05) is 25.1 Å². The van der Waals surface area contributed by atoms with Gasteiger partial charge in [-0.2, -0.15) is 0 Å². The molecule has 0 amide bonds. The van der Waals surface area contributed by atoms with E-state index in [9.17, 15) is 0 Å². The first-order valence-electron chi connectivity index (χ1n) is 7.40. The molecule has 20 heavy (non-hydrogen) atoms. The van der Waals surface area contributed by atoms with Crippen LogP contribution in [0.1, 0.15) is 50.2 Å². The topological polar surface area (TPSA) is 43.8 Å². The molecule has 0 fully saturated rings. The lowest BCUT2D eigenvalue weighted by atomic mass is 10.00. The fraction of sp³-hybridized carbons (Fsp3) is 0.471. The Bertz CT molecular complexity index is 589. The van der Waals surface area contributed by atoms with E-state index in [1.54, 1.807) is 0 Å². The third-order valence-electron chi connectivity index (χ3n) is 3.73. The number of rotatable bonds is 4. The Morgan fingerprint density at radius 2 is 1.80 bits per heavy atom. The molecule has 108 valence electrons. The van der Waals surface area contributed by atoms with Gasteiger partial charge in [0, 0.05) is 18.0 Å². The lowest BCUT2D eigenvalue weighted by Crippen LogP contribution is -2.09. The van der Waals surface area contributed by atoms with Crippen molar-refractivity contribution in [3.05, 3.63) is 35.2 Å². The number of hydrogen-bond acceptors (Lipinski definition) is 2. The lowest BCUT2D eigenvalue weighted by molar-refractivity contribution is 0.571. The second-order valence-corrected chi connectivity index (χ2v) is 5.74. The summed E-state index contributed by atoms with van der Waals surface area (Å²) in [7, 11) is 0. The molecule has 0 saturated carbocycles. The van der Waals surface area contributed by atoms with Crippen LogP contribution < -0.4 is 5.73 Å². The second kappa shape index (κ2) is 5.70. The van der Waals surface area contributed by atoms with Crippen LogP contribution in [0.15, 0.2) is 18.2 Å². The van der Waals surface area contributed by atoms with Crippen molar-refractivity contribution in [3.63, 3.8) is 0 Å². The lowest BCUT2D eigenvalue weighted by Gasteiger charge is -2.13. The van der Waals surface area contributed by atoms with Crippen LogP contribution in [0.5, 0.6) is 0 Å². The molecular formula is C17H25N3. The van der Waals surface area contributed by atoms with Crippen molar-refractivity contribution < 1.29 is 0 Å². The molecule has 2 N–H and O–H groups in total. The fourth-order valence-electron chi connectivity index (χ4n) is 2.84. The van der Waals surface area contributed by atoms with Crippen molar-refractivity contribution in [3.8, 4) is 11.3 Å². The molecule has 0 aliphatic heterocycles. The van der Waals surface area contributed by atoms with E-state index in [0.29, 0.717) is 6.04 Å². The fourth-order valence-corrected chi connectivity index (χ4v) is 2.84. The third-order valence-corrected chi connectivity index (χ3v) is 3.73. The number of imidazole rings is 1. The molecule has 2 rings (SSSR count). The average Bonchev–Trinajstić information content (AvgIpc) is 2.67. The predicted octanol–water partition coefficient (Wildman–Crippen LogP) is 4.28. The largest absolute Gasteiger partial charge is 0.383 e. The first-order chi connectivity index (χ1) is 9.47. The first-order valence-corrected chi connectivity index (χ1v) is 7.40. The van der Waals surface area contributed by atoms with Gasteiger partial charge in [-0.25, -0.2) is 4.98 Å². The Morgan fingerprint density at radius 1 is 1.20 bits per heavy atom. The highest BCUT2D eigenvalue weighted by Gasteiger charge is 2.19. The van der Waals surface area contributed by atoms with E-state index in [2.05, 4.69) is 57.4 Å². The summed E-state index contributed by atoms with van der Waals surface area (Å²) in [5, 5.41) is 0. The van der Waals surface area contributed by atoms with Crippen LogP contribution in [0.2, 0.25) is 0 Å². The van der Waals surface area contributed by atoms with Gasteiger partial charge in [-0.3, -0.25) is 0 Å². The molecule has 3 nitrogen and oxygen atoms in total. The van der Waals surface area contributed by atoms with Crippen LogP contribution >= 0.6 is 0 Å². The molecule has 0 atom stereocenters. The van der Waals surface area contributed by atoms with Gasteiger partial charge in [-0.15, -0.1) is 0 Å². The van der Waals surface area contributed by atoms with E-state index in [1.807, 2.05) is 0 Å². The van der Waals surface area contributed by atoms with Crippen molar-refractivity contribution in [2.24, 2.45) is 0 Å². The number of nitrogens with two attached hydrogens (primary N) is 1. The number of nitrogen functional groups attached to an aromatic ring is 1. The normalized spacial score (nSPS) is 11.3. The van der Waals surface area contributed by atoms with Crippen molar-refractivity contribution in [2.45, 2.75) is 53.5 Å². The summed E-state index contributed by atoms with van der Waals surface area (Å²) in [6.07, 6.45) is 2.04. The maximum atomic E-state index is 6.41. The monoisotopic (exact) mass is 271 g/mol. The van der Waals surface area contributed by atoms with E-state index in [-0.39, 0.29) is 0 Å². The molecule has 1 aromatic heterocycles. The Balaban J connectivity index is 2.67. The summed E-state index contributed by atoms with van der Waals surface area (Å²) in [6, 6.07) is 6.66. The summed E-state index contributed by atoms with van der Waals surface area (Å²) >= 11 is 0. The maximum absolute atomic E-state index is 6.41. The number of aryl methyl sites for hydroxylation is 3.